The predicted octanol–water partition coefficient (Wildman–Crippen LogP) is 1.83. The molecule has 1 aliphatic heterocycles. The molecule has 0 bridgehead atoms. The van der Waals surface area contributed by atoms with Crippen LogP contribution in [0.1, 0.15) is 53.2 Å². The van der Waals surface area contributed by atoms with Gasteiger partial charge in [-0.15, -0.1) is 0 Å². The van der Waals surface area contributed by atoms with Crippen molar-refractivity contribution >= 4 is 23.3 Å². The number of esters is 2. The Morgan fingerprint density at radius 1 is 1.22 bits per heavy atom. The molecule has 3 N–H and O–H groups in total. The number of nitrogens with two attached hydrogens (primary N) is 1. The van der Waals surface area contributed by atoms with E-state index in [-0.39, 0.29) is 43.1 Å². The van der Waals surface area contributed by atoms with Gasteiger partial charge in [0.25, 0.3) is 0 Å². The Balaban J connectivity index is 1.89. The molecule has 0 aliphatic carbocycles. The lowest BCUT2D eigenvalue weighted by atomic mass is 9.93. The van der Waals surface area contributed by atoms with Crippen LogP contribution in [0.2, 0.25) is 0 Å². The maximum absolute atomic E-state index is 12.4. The molecule has 1 aliphatic rings. The fraction of sp³-hybridized carbons (Fsp3) is 0.636. The van der Waals surface area contributed by atoms with Crippen molar-refractivity contribution in [2.75, 3.05) is 12.3 Å². The molecule has 1 saturated heterocycles. The minimum absolute atomic E-state index is 0.0879. The average molecular weight is 449 g/mol. The monoisotopic (exact) mass is 448 g/mol. The zero-order valence-corrected chi connectivity index (χ0v) is 19.1. The van der Waals surface area contributed by atoms with Crippen molar-refractivity contribution in [2.24, 2.45) is 11.8 Å². The molecule has 4 atom stereocenters. The van der Waals surface area contributed by atoms with Gasteiger partial charge >= 0.3 is 11.9 Å². The Morgan fingerprint density at radius 3 is 2.53 bits per heavy atom. The number of carbonyl (C=O) groups is 2. The largest absolute Gasteiger partial charge is 0.463 e. The summed E-state index contributed by atoms with van der Waals surface area (Å²) in [5, 5.41) is 15.5. The van der Waals surface area contributed by atoms with Gasteiger partial charge in [-0.1, -0.05) is 27.7 Å². The molecule has 3 heterocycles. The second-order valence-corrected chi connectivity index (χ2v) is 9.20. The van der Waals surface area contributed by atoms with Crippen LogP contribution in [0.5, 0.6) is 0 Å². The molecule has 2 aromatic heterocycles. The predicted molar refractivity (Wildman–Crippen MR) is 115 cm³/mol. The number of hydrogen-bond donors (Lipinski definition) is 2. The molecule has 1 fully saturated rings. The zero-order valence-electron chi connectivity index (χ0n) is 19.1. The quantitative estimate of drug-likeness (QED) is 0.579. The second kappa shape index (κ2) is 9.41. The lowest BCUT2D eigenvalue weighted by Gasteiger charge is -2.27. The van der Waals surface area contributed by atoms with Crippen molar-refractivity contribution in [3.05, 3.63) is 24.2 Å². The zero-order chi connectivity index (χ0) is 23.6. The summed E-state index contributed by atoms with van der Waals surface area (Å²) in [4.78, 5) is 28.5. The summed E-state index contributed by atoms with van der Waals surface area (Å²) in [5.41, 5.74) is 5.70. The highest BCUT2D eigenvalue weighted by Gasteiger charge is 2.56. The van der Waals surface area contributed by atoms with Gasteiger partial charge in [-0.05, 0) is 30.9 Å². The number of nitrogen functional groups attached to an aromatic ring is 1. The first-order valence-corrected chi connectivity index (χ1v) is 10.8. The van der Waals surface area contributed by atoms with Crippen LogP contribution in [0.4, 0.5) is 5.82 Å². The maximum atomic E-state index is 12.4. The number of carbonyl (C=O) groups excluding carboxylic acids is 2. The van der Waals surface area contributed by atoms with Gasteiger partial charge in [0, 0.05) is 12.8 Å². The van der Waals surface area contributed by atoms with Crippen molar-refractivity contribution in [3.63, 3.8) is 0 Å². The van der Waals surface area contributed by atoms with Gasteiger partial charge < -0.3 is 25.1 Å². The molecule has 0 amide bonds. The molecule has 0 unspecified atom stereocenters. The summed E-state index contributed by atoms with van der Waals surface area (Å²) in [5.74, 6) is -0.333. The van der Waals surface area contributed by atoms with Gasteiger partial charge in [-0.2, -0.15) is 5.10 Å². The van der Waals surface area contributed by atoms with Gasteiger partial charge in [-0.25, -0.2) is 9.50 Å². The maximum Gasteiger partial charge on any atom is 0.306 e. The number of nitrogens with zero attached hydrogens (tertiary/aromatic N) is 3. The Bertz CT molecular complexity index is 974. The fourth-order valence-electron chi connectivity index (χ4n) is 3.88. The fourth-order valence-corrected chi connectivity index (χ4v) is 3.88. The lowest BCUT2D eigenvalue weighted by molar-refractivity contribution is -0.161. The third kappa shape index (κ3) is 4.86. The van der Waals surface area contributed by atoms with Gasteiger partial charge in [0.15, 0.2) is 11.9 Å². The van der Waals surface area contributed by atoms with Crippen molar-refractivity contribution in [1.29, 1.82) is 0 Å². The first-order valence-electron chi connectivity index (χ1n) is 10.8. The molecular weight excluding hydrogens is 416 g/mol. The highest BCUT2D eigenvalue weighted by Crippen LogP contribution is 2.42. The molecule has 0 aromatic carbocycles. The summed E-state index contributed by atoms with van der Waals surface area (Å²) in [7, 11) is 0. The highest BCUT2D eigenvalue weighted by molar-refractivity contribution is 5.70. The van der Waals surface area contributed by atoms with Crippen molar-refractivity contribution in [2.45, 2.75) is 71.4 Å². The molecular formula is C22H32N4O6. The number of anilines is 1. The first-order chi connectivity index (χ1) is 15.0. The second-order valence-electron chi connectivity index (χ2n) is 9.20. The Morgan fingerprint density at radius 2 is 1.88 bits per heavy atom. The molecule has 2 aromatic rings. The summed E-state index contributed by atoms with van der Waals surface area (Å²) >= 11 is 0. The minimum atomic E-state index is -1.30. The average Bonchev–Trinajstić information content (AvgIpc) is 3.22. The van der Waals surface area contributed by atoms with Crippen LogP contribution >= 0.6 is 0 Å². The van der Waals surface area contributed by atoms with Gasteiger partial charge in [0.1, 0.15) is 36.3 Å². The van der Waals surface area contributed by atoms with Crippen LogP contribution in [0.15, 0.2) is 18.5 Å². The molecule has 176 valence electrons. The van der Waals surface area contributed by atoms with Crippen molar-refractivity contribution in [3.8, 4) is 0 Å². The van der Waals surface area contributed by atoms with E-state index < -0.39 is 29.9 Å². The van der Waals surface area contributed by atoms with E-state index in [4.69, 9.17) is 19.9 Å². The summed E-state index contributed by atoms with van der Waals surface area (Å²) in [6, 6.07) is 3.45. The molecule has 10 heteroatoms. The molecule has 32 heavy (non-hydrogen) atoms. The SMILES string of the molecule is CC(C)CC(=O)OC[C@H]1O[C@@](C)(c2ccc3c(N)ncnn23)[C@H](O)[C@@H]1OC(=O)CC(C)C. The molecule has 0 radical (unpaired) electrons. The highest BCUT2D eigenvalue weighted by atomic mass is 16.6. The van der Waals surface area contributed by atoms with E-state index in [1.54, 1.807) is 19.1 Å². The molecule has 0 spiro atoms. The van der Waals surface area contributed by atoms with Crippen LogP contribution < -0.4 is 5.73 Å². The van der Waals surface area contributed by atoms with Crippen LogP contribution in [-0.4, -0.2) is 56.6 Å². The Labute approximate surface area is 187 Å². The smallest absolute Gasteiger partial charge is 0.306 e. The van der Waals surface area contributed by atoms with Gasteiger partial charge in [0.05, 0.1) is 5.69 Å². The molecule has 3 rings (SSSR count). The summed E-state index contributed by atoms with van der Waals surface area (Å²) in [6.45, 7) is 9.14. The van der Waals surface area contributed by atoms with Crippen LogP contribution in [-0.2, 0) is 29.4 Å². The summed E-state index contributed by atoms with van der Waals surface area (Å²) in [6.07, 6.45) is -1.36. The Kier molecular flexibility index (Phi) is 7.04. The van der Waals surface area contributed by atoms with Gasteiger partial charge in [0.2, 0.25) is 0 Å². The van der Waals surface area contributed by atoms with E-state index in [9.17, 15) is 14.7 Å². The van der Waals surface area contributed by atoms with E-state index in [0.29, 0.717) is 11.2 Å². The Hall–Kier alpha value is -2.72. The van der Waals surface area contributed by atoms with Crippen LogP contribution in [0.3, 0.4) is 0 Å². The number of aliphatic hydroxyl groups excluding tert-OH is 1. The number of aromatic nitrogens is 3. The van der Waals surface area contributed by atoms with Gasteiger partial charge in [-0.3, -0.25) is 9.59 Å². The molecule has 0 saturated carbocycles. The van der Waals surface area contributed by atoms with Crippen LogP contribution in [0, 0.1) is 11.8 Å². The normalized spacial score (nSPS) is 25.6. The number of hydrogen-bond acceptors (Lipinski definition) is 9. The van der Waals surface area contributed by atoms with E-state index in [1.165, 1.54) is 10.8 Å². The third-order valence-corrected chi connectivity index (χ3v) is 5.45. The standard InChI is InChI=1S/C22H32N4O6/c1-12(2)8-17(27)30-10-15-19(31-18(28)9-13(3)4)20(29)22(5,32-15)16-7-6-14-21(23)24-11-25-26(14)16/h6-7,11-13,15,19-20,29H,8-10H2,1-5H3,(H2,23,24,25)/t15-,19-,20-,22+/m1/s1. The van der Waals surface area contributed by atoms with Crippen molar-refractivity contribution < 1.29 is 28.9 Å². The molecule has 10 nitrogen and oxygen atoms in total. The van der Waals surface area contributed by atoms with E-state index in [2.05, 4.69) is 10.1 Å². The van der Waals surface area contributed by atoms with E-state index in [1.807, 2.05) is 27.7 Å². The number of fused-ring (bicyclic) bond motifs is 1. The van der Waals surface area contributed by atoms with E-state index >= 15 is 0 Å². The number of rotatable bonds is 8. The first kappa shape index (κ1) is 23.9. The summed E-state index contributed by atoms with van der Waals surface area (Å²) < 4.78 is 18.7. The van der Waals surface area contributed by atoms with Crippen LogP contribution in [0.25, 0.3) is 5.52 Å². The minimum Gasteiger partial charge on any atom is -0.463 e. The van der Waals surface area contributed by atoms with E-state index in [0.717, 1.165) is 0 Å². The van der Waals surface area contributed by atoms with Crippen molar-refractivity contribution in [1.82, 2.24) is 14.6 Å². The number of ether oxygens (including phenoxy) is 3. The topological polar surface area (TPSA) is 138 Å². The lowest BCUT2D eigenvalue weighted by Crippen LogP contribution is -2.42. The third-order valence-electron chi connectivity index (χ3n) is 5.45. The number of aliphatic hydroxyl groups is 1.